The van der Waals surface area contributed by atoms with Crippen LogP contribution in [-0.2, 0) is 14.3 Å². The second-order valence-corrected chi connectivity index (χ2v) is 5.79. The van der Waals surface area contributed by atoms with Crippen molar-refractivity contribution in [1.82, 2.24) is 5.32 Å². The molecule has 0 bridgehead atoms. The summed E-state index contributed by atoms with van der Waals surface area (Å²) >= 11 is 1.70. The Bertz CT molecular complexity index is 433. The summed E-state index contributed by atoms with van der Waals surface area (Å²) in [6.07, 6.45) is 2.54. The van der Waals surface area contributed by atoms with E-state index in [1.165, 1.54) is 4.90 Å². The SMILES string of the molecule is CSc1ccc([C@@H]2OC(C)(C)OC[C@@H]2NC=O)cc1. The van der Waals surface area contributed by atoms with Gasteiger partial charge in [0.15, 0.2) is 5.79 Å². The van der Waals surface area contributed by atoms with E-state index in [0.717, 1.165) is 5.56 Å². The summed E-state index contributed by atoms with van der Waals surface area (Å²) in [5.74, 6) is -0.635. The van der Waals surface area contributed by atoms with E-state index in [9.17, 15) is 4.79 Å². The molecule has 1 fully saturated rings. The average Bonchev–Trinajstić information content (AvgIpc) is 2.41. The van der Waals surface area contributed by atoms with E-state index in [0.29, 0.717) is 13.0 Å². The molecule has 1 aromatic rings. The Morgan fingerprint density at radius 2 is 2.05 bits per heavy atom. The zero-order valence-electron chi connectivity index (χ0n) is 11.4. The standard InChI is InChI=1S/C14H19NO3S/c1-14(2)17-8-12(15-9-16)13(18-14)10-4-6-11(19-3)7-5-10/h4-7,9,12-13H,8H2,1-3H3,(H,15,16)/t12-,13-/m0/s1. The highest BCUT2D eigenvalue weighted by molar-refractivity contribution is 7.98. The number of hydrogen-bond acceptors (Lipinski definition) is 4. The van der Waals surface area contributed by atoms with Gasteiger partial charge in [0.1, 0.15) is 6.10 Å². The largest absolute Gasteiger partial charge is 0.351 e. The van der Waals surface area contributed by atoms with E-state index in [1.807, 2.05) is 32.2 Å². The molecule has 0 unspecified atom stereocenters. The molecular formula is C14H19NO3S. The Labute approximate surface area is 117 Å². The average molecular weight is 281 g/mol. The van der Waals surface area contributed by atoms with Crippen molar-refractivity contribution in [3.05, 3.63) is 29.8 Å². The number of nitrogens with one attached hydrogen (secondary N) is 1. The topological polar surface area (TPSA) is 47.6 Å². The molecule has 2 atom stereocenters. The van der Waals surface area contributed by atoms with E-state index < -0.39 is 5.79 Å². The molecule has 19 heavy (non-hydrogen) atoms. The van der Waals surface area contributed by atoms with E-state index in [1.54, 1.807) is 11.8 Å². The first-order chi connectivity index (χ1) is 9.05. The van der Waals surface area contributed by atoms with Crippen LogP contribution in [0.2, 0.25) is 0 Å². The van der Waals surface area contributed by atoms with Crippen LogP contribution in [0.25, 0.3) is 0 Å². The van der Waals surface area contributed by atoms with Crippen LogP contribution < -0.4 is 5.32 Å². The zero-order chi connectivity index (χ0) is 13.9. The molecule has 2 rings (SSSR count). The first-order valence-electron chi connectivity index (χ1n) is 6.21. The molecule has 1 heterocycles. The van der Waals surface area contributed by atoms with Gasteiger partial charge in [-0.15, -0.1) is 11.8 Å². The van der Waals surface area contributed by atoms with Gasteiger partial charge in [-0.05, 0) is 37.8 Å². The maximum absolute atomic E-state index is 10.7. The van der Waals surface area contributed by atoms with Crippen LogP contribution in [0.4, 0.5) is 0 Å². The number of ether oxygens (including phenoxy) is 2. The molecule has 1 N–H and O–H groups in total. The zero-order valence-corrected chi connectivity index (χ0v) is 12.2. The monoisotopic (exact) mass is 281 g/mol. The van der Waals surface area contributed by atoms with Crippen molar-refractivity contribution in [1.29, 1.82) is 0 Å². The molecule has 0 aliphatic carbocycles. The van der Waals surface area contributed by atoms with Gasteiger partial charge >= 0.3 is 0 Å². The van der Waals surface area contributed by atoms with E-state index >= 15 is 0 Å². The number of thioether (sulfide) groups is 1. The van der Waals surface area contributed by atoms with Crippen molar-refractivity contribution in [3.8, 4) is 0 Å². The molecule has 1 aliphatic heterocycles. The Morgan fingerprint density at radius 1 is 1.37 bits per heavy atom. The maximum Gasteiger partial charge on any atom is 0.207 e. The molecule has 1 aromatic carbocycles. The number of hydrogen-bond donors (Lipinski definition) is 1. The smallest absolute Gasteiger partial charge is 0.207 e. The highest BCUT2D eigenvalue weighted by Crippen LogP contribution is 2.33. The maximum atomic E-state index is 10.7. The lowest BCUT2D eigenvalue weighted by molar-refractivity contribution is -0.284. The predicted molar refractivity (Wildman–Crippen MR) is 75.1 cm³/mol. The Morgan fingerprint density at radius 3 is 2.63 bits per heavy atom. The van der Waals surface area contributed by atoms with Gasteiger partial charge in [0.25, 0.3) is 0 Å². The lowest BCUT2D eigenvalue weighted by atomic mass is 10.0. The highest BCUT2D eigenvalue weighted by Gasteiger charge is 2.37. The van der Waals surface area contributed by atoms with Crippen molar-refractivity contribution in [3.63, 3.8) is 0 Å². The third-order valence-electron chi connectivity index (χ3n) is 3.11. The minimum absolute atomic E-state index is 0.161. The lowest BCUT2D eigenvalue weighted by Gasteiger charge is -2.41. The van der Waals surface area contributed by atoms with Gasteiger partial charge in [0.2, 0.25) is 6.41 Å². The van der Waals surface area contributed by atoms with Gasteiger partial charge in [-0.25, -0.2) is 0 Å². The molecular weight excluding hydrogens is 262 g/mol. The van der Waals surface area contributed by atoms with Gasteiger partial charge in [-0.3, -0.25) is 4.79 Å². The van der Waals surface area contributed by atoms with Gasteiger partial charge in [-0.2, -0.15) is 0 Å². The van der Waals surface area contributed by atoms with Crippen LogP contribution in [0.1, 0.15) is 25.5 Å². The van der Waals surface area contributed by atoms with Crippen LogP contribution in [0, 0.1) is 0 Å². The van der Waals surface area contributed by atoms with Gasteiger partial charge in [-0.1, -0.05) is 12.1 Å². The fourth-order valence-electron chi connectivity index (χ4n) is 2.12. The second kappa shape index (κ2) is 5.94. The molecule has 0 radical (unpaired) electrons. The van der Waals surface area contributed by atoms with Crippen molar-refractivity contribution >= 4 is 18.2 Å². The van der Waals surface area contributed by atoms with Crippen LogP contribution >= 0.6 is 11.8 Å². The number of benzene rings is 1. The molecule has 104 valence electrons. The minimum atomic E-state index is -0.635. The Balaban J connectivity index is 2.22. The molecule has 1 saturated heterocycles. The van der Waals surface area contributed by atoms with Crippen molar-refractivity contribution in [2.24, 2.45) is 0 Å². The molecule has 0 spiro atoms. The summed E-state index contributed by atoms with van der Waals surface area (Å²) < 4.78 is 11.5. The van der Waals surface area contributed by atoms with Gasteiger partial charge < -0.3 is 14.8 Å². The molecule has 4 nitrogen and oxygen atoms in total. The summed E-state index contributed by atoms with van der Waals surface area (Å²) in [6, 6.07) is 8.04. The third-order valence-corrected chi connectivity index (χ3v) is 3.86. The van der Waals surface area contributed by atoms with Crippen LogP contribution in [0.5, 0.6) is 0 Å². The summed E-state index contributed by atoms with van der Waals surface area (Å²) in [5.41, 5.74) is 1.05. The lowest BCUT2D eigenvalue weighted by Crippen LogP contribution is -2.50. The van der Waals surface area contributed by atoms with Gasteiger partial charge in [0.05, 0.1) is 12.6 Å². The first-order valence-corrected chi connectivity index (χ1v) is 7.43. The van der Waals surface area contributed by atoms with Crippen molar-refractivity contribution in [2.45, 2.75) is 36.7 Å². The van der Waals surface area contributed by atoms with Crippen LogP contribution in [-0.4, -0.2) is 31.1 Å². The normalized spacial score (nSPS) is 25.8. The summed E-state index contributed by atoms with van der Waals surface area (Å²) in [7, 11) is 0. The van der Waals surface area contributed by atoms with Crippen molar-refractivity contribution in [2.75, 3.05) is 12.9 Å². The predicted octanol–water partition coefficient (Wildman–Crippen LogP) is 2.35. The van der Waals surface area contributed by atoms with Crippen LogP contribution in [0.15, 0.2) is 29.2 Å². The molecule has 0 aromatic heterocycles. The van der Waals surface area contributed by atoms with E-state index in [4.69, 9.17) is 9.47 Å². The van der Waals surface area contributed by atoms with Crippen molar-refractivity contribution < 1.29 is 14.3 Å². The fourth-order valence-corrected chi connectivity index (χ4v) is 2.52. The Hall–Kier alpha value is -1.04. The summed E-state index contributed by atoms with van der Waals surface area (Å²) in [6.45, 7) is 4.21. The second-order valence-electron chi connectivity index (χ2n) is 4.91. The number of amides is 1. The number of rotatable bonds is 4. The summed E-state index contributed by atoms with van der Waals surface area (Å²) in [4.78, 5) is 11.9. The number of carbonyl (C=O) groups excluding carboxylic acids is 1. The summed E-state index contributed by atoms with van der Waals surface area (Å²) in [5, 5.41) is 2.76. The Kier molecular flexibility index (Phi) is 4.50. The molecule has 5 heteroatoms. The number of carbonyl (C=O) groups is 1. The van der Waals surface area contributed by atoms with Crippen LogP contribution in [0.3, 0.4) is 0 Å². The quantitative estimate of drug-likeness (QED) is 0.680. The molecule has 1 aliphatic rings. The van der Waals surface area contributed by atoms with Gasteiger partial charge in [0, 0.05) is 4.90 Å². The van der Waals surface area contributed by atoms with E-state index in [-0.39, 0.29) is 12.1 Å². The molecule has 1 amide bonds. The third kappa shape index (κ3) is 3.49. The minimum Gasteiger partial charge on any atom is -0.351 e. The van der Waals surface area contributed by atoms with E-state index in [2.05, 4.69) is 17.4 Å². The highest BCUT2D eigenvalue weighted by atomic mass is 32.2. The fraction of sp³-hybridized carbons (Fsp3) is 0.500. The first kappa shape index (κ1) is 14.4. The molecule has 0 saturated carbocycles.